The third-order valence-electron chi connectivity index (χ3n) is 4.83. The lowest BCUT2D eigenvalue weighted by atomic mass is 10.2. The van der Waals surface area contributed by atoms with E-state index in [1.54, 1.807) is 29.2 Å². The fourth-order valence-corrected chi connectivity index (χ4v) is 4.17. The molecule has 4 rings (SSSR count). The van der Waals surface area contributed by atoms with Gasteiger partial charge in [-0.3, -0.25) is 4.98 Å². The quantitative estimate of drug-likeness (QED) is 0.212. The van der Waals surface area contributed by atoms with Gasteiger partial charge in [0.05, 0.1) is 23.2 Å². The van der Waals surface area contributed by atoms with Crippen LogP contribution in [0.5, 0.6) is 11.5 Å². The van der Waals surface area contributed by atoms with Crippen molar-refractivity contribution >= 4 is 51.3 Å². The molecule has 0 radical (unpaired) electrons. The molecule has 2 aromatic heterocycles. The summed E-state index contributed by atoms with van der Waals surface area (Å²) in [6.07, 6.45) is 3.41. The van der Waals surface area contributed by atoms with Gasteiger partial charge >= 0.3 is 0 Å². The van der Waals surface area contributed by atoms with Crippen LogP contribution in [0, 0.1) is 4.77 Å². The van der Waals surface area contributed by atoms with Crippen molar-refractivity contribution in [2.75, 3.05) is 12.0 Å². The van der Waals surface area contributed by atoms with Crippen LogP contribution in [0.15, 0.2) is 59.3 Å². The molecule has 34 heavy (non-hydrogen) atoms. The Morgan fingerprint density at radius 2 is 1.82 bits per heavy atom. The van der Waals surface area contributed by atoms with Crippen LogP contribution >= 0.6 is 51.3 Å². The lowest BCUT2D eigenvalue weighted by Crippen LogP contribution is -2.16. The van der Waals surface area contributed by atoms with Crippen molar-refractivity contribution < 1.29 is 9.47 Å². The van der Waals surface area contributed by atoms with Gasteiger partial charge in [-0.1, -0.05) is 45.2 Å². The van der Waals surface area contributed by atoms with Crippen molar-refractivity contribution in [3.8, 4) is 22.9 Å². The molecule has 0 aliphatic heterocycles. The van der Waals surface area contributed by atoms with E-state index in [-0.39, 0.29) is 0 Å². The number of nitrogens with one attached hydrogen (secondary N) is 2. The molecule has 0 amide bonds. The lowest BCUT2D eigenvalue weighted by molar-refractivity contribution is 0.269. The second-order valence-electron chi connectivity index (χ2n) is 7.12. The van der Waals surface area contributed by atoms with Crippen LogP contribution in [0.3, 0.4) is 0 Å². The molecule has 2 heterocycles. The first-order valence-corrected chi connectivity index (χ1v) is 12.3. The van der Waals surface area contributed by atoms with Crippen molar-refractivity contribution in [3.05, 3.63) is 85.3 Å². The maximum atomic E-state index is 6.12. The van der Waals surface area contributed by atoms with Gasteiger partial charge < -0.3 is 14.9 Å². The Morgan fingerprint density at radius 1 is 1.06 bits per heavy atom. The van der Waals surface area contributed by atoms with Gasteiger partial charge in [0.2, 0.25) is 4.77 Å². The van der Waals surface area contributed by atoms with E-state index in [4.69, 9.17) is 44.9 Å². The second-order valence-corrected chi connectivity index (χ2v) is 9.17. The van der Waals surface area contributed by atoms with Gasteiger partial charge in [0.15, 0.2) is 17.3 Å². The van der Waals surface area contributed by atoms with Crippen LogP contribution in [-0.4, -0.2) is 26.5 Å². The van der Waals surface area contributed by atoms with Crippen molar-refractivity contribution in [2.24, 2.45) is 0 Å². The third kappa shape index (κ3) is 5.72. The molecule has 2 aromatic carbocycles. The smallest absolute Gasteiger partial charge is 0.214 e. The van der Waals surface area contributed by atoms with Crippen molar-refractivity contribution in [1.82, 2.24) is 19.9 Å². The first-order valence-electron chi connectivity index (χ1n) is 10.3. The Bertz CT molecular complexity index is 1350. The van der Waals surface area contributed by atoms with E-state index in [2.05, 4.69) is 36.5 Å². The summed E-state index contributed by atoms with van der Waals surface area (Å²) in [4.78, 5) is 4.05. The van der Waals surface area contributed by atoms with E-state index in [0.29, 0.717) is 51.9 Å². The zero-order valence-electron chi connectivity index (χ0n) is 18.0. The number of hydrogen-bond acceptors (Lipinski definition) is 6. The molecule has 0 bridgehead atoms. The number of H-pyrrole nitrogens is 1. The molecular weight excluding hydrogens is 561 g/mol. The maximum absolute atomic E-state index is 6.12. The van der Waals surface area contributed by atoms with E-state index in [1.165, 1.54) is 0 Å². The summed E-state index contributed by atoms with van der Waals surface area (Å²) in [6, 6.07) is 13.0. The van der Waals surface area contributed by atoms with E-state index < -0.39 is 0 Å². The predicted octanol–water partition coefficient (Wildman–Crippen LogP) is 6.79. The summed E-state index contributed by atoms with van der Waals surface area (Å²) in [6.45, 7) is 3.20. The number of aromatic amines is 1. The molecule has 0 saturated heterocycles. The minimum atomic E-state index is 0.320. The number of nitrogens with zero attached hydrogens (tertiary/aromatic N) is 3. The summed E-state index contributed by atoms with van der Waals surface area (Å²) >= 11 is 21.2. The molecule has 0 saturated carbocycles. The minimum Gasteiger partial charge on any atom is -0.490 e. The number of hydrogen-bond donors (Lipinski definition) is 2. The second kappa shape index (κ2) is 11.2. The molecule has 0 spiro atoms. The van der Waals surface area contributed by atoms with E-state index in [9.17, 15) is 0 Å². The fraction of sp³-hybridized carbons (Fsp3) is 0.174. The zero-order valence-corrected chi connectivity index (χ0v) is 21.9. The van der Waals surface area contributed by atoms with Gasteiger partial charge in [0.1, 0.15) is 6.61 Å². The van der Waals surface area contributed by atoms with Gasteiger partial charge in [-0.15, -0.1) is 0 Å². The normalized spacial score (nSPS) is 10.8. The number of aromatic nitrogens is 4. The van der Waals surface area contributed by atoms with Gasteiger partial charge in [0.25, 0.3) is 0 Å². The van der Waals surface area contributed by atoms with Crippen molar-refractivity contribution in [2.45, 2.75) is 20.1 Å². The van der Waals surface area contributed by atoms with Gasteiger partial charge in [0, 0.05) is 22.4 Å². The van der Waals surface area contributed by atoms with E-state index in [1.807, 2.05) is 37.3 Å². The standard InChI is InChI=1S/C23H20BrCl2N5O2S/c1-2-32-20-10-16(12-28-31-22(29-30-23(31)34)15-5-7-27-8-6-15)17(24)11-21(20)33-13-14-3-4-18(25)19(26)9-14/h3-11,28H,2,12-13H2,1H3,(H,30,34). The Kier molecular flexibility index (Phi) is 8.10. The maximum Gasteiger partial charge on any atom is 0.214 e. The largest absolute Gasteiger partial charge is 0.490 e. The highest BCUT2D eigenvalue weighted by atomic mass is 79.9. The van der Waals surface area contributed by atoms with Gasteiger partial charge in [-0.2, -0.15) is 5.10 Å². The Hall–Kier alpha value is -2.59. The highest BCUT2D eigenvalue weighted by Crippen LogP contribution is 2.35. The molecule has 0 aliphatic rings. The average molecular weight is 581 g/mol. The molecular formula is C23H20BrCl2N5O2S. The van der Waals surface area contributed by atoms with Crippen LogP contribution in [0.4, 0.5) is 0 Å². The highest BCUT2D eigenvalue weighted by Gasteiger charge is 2.14. The number of benzene rings is 2. The molecule has 0 aliphatic carbocycles. The van der Waals surface area contributed by atoms with Crippen molar-refractivity contribution in [1.29, 1.82) is 0 Å². The highest BCUT2D eigenvalue weighted by molar-refractivity contribution is 9.10. The predicted molar refractivity (Wildman–Crippen MR) is 140 cm³/mol. The summed E-state index contributed by atoms with van der Waals surface area (Å²) < 4.78 is 14.9. The fourth-order valence-electron chi connectivity index (χ4n) is 3.19. The monoisotopic (exact) mass is 579 g/mol. The Balaban J connectivity index is 1.53. The summed E-state index contributed by atoms with van der Waals surface area (Å²) in [5, 5.41) is 8.14. The third-order valence-corrected chi connectivity index (χ3v) is 6.58. The molecule has 2 N–H and O–H groups in total. The molecule has 0 atom stereocenters. The molecule has 11 heteroatoms. The number of ether oxygens (including phenoxy) is 2. The topological polar surface area (TPSA) is 77.0 Å². The molecule has 4 aromatic rings. The Morgan fingerprint density at radius 3 is 2.56 bits per heavy atom. The van der Waals surface area contributed by atoms with E-state index in [0.717, 1.165) is 21.2 Å². The number of rotatable bonds is 9. The molecule has 176 valence electrons. The molecule has 0 unspecified atom stereocenters. The average Bonchev–Trinajstić information content (AvgIpc) is 3.21. The first kappa shape index (κ1) is 24.5. The van der Waals surface area contributed by atoms with Crippen LogP contribution in [0.2, 0.25) is 10.0 Å². The SMILES string of the molecule is CCOc1cc(CNn2c(-c3ccncc3)n[nH]c2=S)c(Br)cc1OCc1ccc(Cl)c(Cl)c1. The van der Waals surface area contributed by atoms with Gasteiger partial charge in [-0.25, -0.2) is 9.77 Å². The van der Waals surface area contributed by atoms with Gasteiger partial charge in [-0.05, 0) is 66.7 Å². The molecule has 7 nitrogen and oxygen atoms in total. The van der Waals surface area contributed by atoms with E-state index >= 15 is 0 Å². The summed E-state index contributed by atoms with van der Waals surface area (Å²) in [5.74, 6) is 1.91. The minimum absolute atomic E-state index is 0.320. The first-order chi connectivity index (χ1) is 16.5. The summed E-state index contributed by atoms with van der Waals surface area (Å²) in [7, 11) is 0. The zero-order chi connectivity index (χ0) is 24.1. The number of halogens is 3. The lowest BCUT2D eigenvalue weighted by Gasteiger charge is -2.16. The Labute approximate surface area is 220 Å². The molecule has 0 fully saturated rings. The van der Waals surface area contributed by atoms with Crippen LogP contribution in [0.1, 0.15) is 18.1 Å². The summed E-state index contributed by atoms with van der Waals surface area (Å²) in [5.41, 5.74) is 6.06. The number of pyridine rings is 1. The van der Waals surface area contributed by atoms with Crippen LogP contribution in [0.25, 0.3) is 11.4 Å². The van der Waals surface area contributed by atoms with Crippen LogP contribution < -0.4 is 14.9 Å². The van der Waals surface area contributed by atoms with Crippen molar-refractivity contribution in [3.63, 3.8) is 0 Å². The van der Waals surface area contributed by atoms with Crippen LogP contribution in [-0.2, 0) is 13.2 Å².